The highest BCUT2D eigenvalue weighted by molar-refractivity contribution is 7.87. The van der Waals surface area contributed by atoms with Crippen molar-refractivity contribution in [3.8, 4) is 11.5 Å². The largest absolute Gasteiger partial charge is 0.534 e. The molecule has 5 nitrogen and oxygen atoms in total. The van der Waals surface area contributed by atoms with E-state index in [1.54, 1.807) is 0 Å². The molecule has 0 bridgehead atoms. The number of rotatable bonds is 6. The molecule has 1 aliphatic heterocycles. The first-order chi connectivity index (χ1) is 12.1. The summed E-state index contributed by atoms with van der Waals surface area (Å²) < 4.78 is 68.8. The molecule has 1 aliphatic rings. The highest BCUT2D eigenvalue weighted by atomic mass is 32.2. The van der Waals surface area contributed by atoms with Gasteiger partial charge in [0.25, 0.3) is 0 Å². The van der Waals surface area contributed by atoms with Gasteiger partial charge in [0, 0.05) is 0 Å². The molecule has 0 radical (unpaired) electrons. The van der Waals surface area contributed by atoms with E-state index in [4.69, 9.17) is 4.74 Å². The minimum absolute atomic E-state index is 0.133. The van der Waals surface area contributed by atoms with Crippen molar-refractivity contribution in [3.63, 3.8) is 0 Å². The summed E-state index contributed by atoms with van der Waals surface area (Å²) in [5.41, 5.74) is -1.24. The molecule has 0 N–H and O–H groups in total. The van der Waals surface area contributed by atoms with Crippen LogP contribution in [-0.2, 0) is 23.8 Å². The molecule has 0 saturated heterocycles. The van der Waals surface area contributed by atoms with E-state index in [-0.39, 0.29) is 6.42 Å². The minimum atomic E-state index is -5.87. The molecule has 154 valence electrons. The van der Waals surface area contributed by atoms with Gasteiger partial charge in [-0.2, -0.15) is 21.6 Å². The lowest BCUT2D eigenvalue weighted by atomic mass is 10.2. The van der Waals surface area contributed by atoms with Gasteiger partial charge < -0.3 is 8.92 Å². The number of hydrogen-bond acceptors (Lipinski definition) is 5. The van der Waals surface area contributed by atoms with E-state index in [0.717, 1.165) is 0 Å². The smallest absolute Gasteiger partial charge is 0.450 e. The van der Waals surface area contributed by atoms with Crippen molar-refractivity contribution in [1.82, 2.24) is 0 Å². The predicted octanol–water partition coefficient (Wildman–Crippen LogP) is 4.27. The Bertz CT molecular complexity index is 736. The van der Waals surface area contributed by atoms with Crippen molar-refractivity contribution < 1.29 is 35.3 Å². The molecule has 0 aliphatic carbocycles. The highest BCUT2D eigenvalue weighted by Gasteiger charge is 2.50. The maximum absolute atomic E-state index is 12.5. The molecule has 27 heavy (non-hydrogen) atoms. The SMILES string of the molecule is CC(C)[Si](C#CC[C@@H]1OC(=O)C=C1OS(=O)(=O)C(F)(F)F)(C(C)C)C(C)C. The topological polar surface area (TPSA) is 69.7 Å². The van der Waals surface area contributed by atoms with Crippen LogP contribution in [0.3, 0.4) is 0 Å². The minimum Gasteiger partial charge on any atom is -0.450 e. The Morgan fingerprint density at radius 1 is 1.15 bits per heavy atom. The number of hydrogen-bond donors (Lipinski definition) is 0. The molecule has 0 saturated carbocycles. The molecule has 0 aromatic rings. The van der Waals surface area contributed by atoms with Crippen molar-refractivity contribution in [2.75, 3.05) is 0 Å². The van der Waals surface area contributed by atoms with E-state index >= 15 is 0 Å². The number of esters is 1. The maximum atomic E-state index is 12.5. The molecular formula is C17H25F3O5SSi. The summed E-state index contributed by atoms with van der Waals surface area (Å²) in [6.45, 7) is 12.6. The summed E-state index contributed by atoms with van der Waals surface area (Å²) in [4.78, 5) is 11.4. The van der Waals surface area contributed by atoms with E-state index in [1.165, 1.54) is 0 Å². The van der Waals surface area contributed by atoms with Crippen LogP contribution in [-0.4, -0.2) is 34.1 Å². The fourth-order valence-corrected chi connectivity index (χ4v) is 9.34. The maximum Gasteiger partial charge on any atom is 0.534 e. The number of ether oxygens (including phenoxy) is 1. The number of cyclic esters (lactones) is 1. The number of halogens is 3. The van der Waals surface area contributed by atoms with Crippen molar-refractivity contribution in [3.05, 3.63) is 11.8 Å². The summed E-state index contributed by atoms with van der Waals surface area (Å²) >= 11 is 0. The van der Waals surface area contributed by atoms with Crippen LogP contribution in [0.1, 0.15) is 48.0 Å². The van der Waals surface area contributed by atoms with E-state index in [9.17, 15) is 26.4 Å². The Balaban J connectivity index is 3.08. The second kappa shape index (κ2) is 8.27. The standard InChI is InChI=1S/C17H25F3O5SSi/c1-11(2)27(12(3)4,13(5)6)9-7-8-14-15(10-16(21)24-14)25-26(22,23)17(18,19)20/h10-14H,8H2,1-6H3/t14-/m0/s1. The van der Waals surface area contributed by atoms with Gasteiger partial charge in [0.2, 0.25) is 0 Å². The zero-order valence-electron chi connectivity index (χ0n) is 16.2. The third kappa shape index (κ3) is 5.07. The first-order valence-electron chi connectivity index (χ1n) is 8.58. The van der Waals surface area contributed by atoms with Gasteiger partial charge >= 0.3 is 21.6 Å². The second-order valence-corrected chi connectivity index (χ2v) is 14.5. The van der Waals surface area contributed by atoms with Gasteiger partial charge in [-0.25, -0.2) is 4.79 Å². The van der Waals surface area contributed by atoms with Crippen LogP contribution in [0.4, 0.5) is 13.2 Å². The first kappa shape index (κ1) is 23.6. The van der Waals surface area contributed by atoms with Crippen LogP contribution in [0.5, 0.6) is 0 Å². The highest BCUT2D eigenvalue weighted by Crippen LogP contribution is 2.40. The lowest BCUT2D eigenvalue weighted by molar-refractivity contribution is -0.139. The molecule has 0 spiro atoms. The van der Waals surface area contributed by atoms with E-state index in [0.29, 0.717) is 22.7 Å². The van der Waals surface area contributed by atoms with Gasteiger partial charge in [-0.15, -0.1) is 11.5 Å². The summed E-state index contributed by atoms with van der Waals surface area (Å²) in [5.74, 6) is 1.26. The fourth-order valence-electron chi connectivity index (χ4n) is 3.57. The molecule has 1 heterocycles. The van der Waals surface area contributed by atoms with Gasteiger partial charge in [0.15, 0.2) is 11.9 Å². The molecule has 0 aromatic carbocycles. The van der Waals surface area contributed by atoms with Crippen LogP contribution in [0.2, 0.25) is 16.6 Å². The molecule has 10 heteroatoms. The number of alkyl halides is 3. The fraction of sp³-hybridized carbons (Fsp3) is 0.706. The lowest BCUT2D eigenvalue weighted by Gasteiger charge is -2.38. The average molecular weight is 427 g/mol. The molecular weight excluding hydrogens is 401 g/mol. The van der Waals surface area contributed by atoms with Crippen LogP contribution >= 0.6 is 0 Å². The monoisotopic (exact) mass is 426 g/mol. The Labute approximate surface area is 159 Å². The second-order valence-electron chi connectivity index (χ2n) is 7.36. The molecule has 0 amide bonds. The van der Waals surface area contributed by atoms with Crippen molar-refractivity contribution in [2.45, 2.75) is 76.2 Å². The van der Waals surface area contributed by atoms with Gasteiger partial charge in [-0.1, -0.05) is 41.5 Å². The van der Waals surface area contributed by atoms with Crippen LogP contribution in [0.15, 0.2) is 11.8 Å². The Kier molecular flexibility index (Phi) is 7.21. The van der Waals surface area contributed by atoms with Crippen molar-refractivity contribution >= 4 is 24.2 Å². The normalized spacial score (nSPS) is 18.4. The zero-order valence-corrected chi connectivity index (χ0v) is 18.0. The average Bonchev–Trinajstić information content (AvgIpc) is 2.80. The van der Waals surface area contributed by atoms with E-state index < -0.39 is 41.5 Å². The van der Waals surface area contributed by atoms with Gasteiger partial charge in [-0.3, -0.25) is 0 Å². The summed E-state index contributed by atoms with van der Waals surface area (Å²) in [5, 5.41) is 0. The summed E-state index contributed by atoms with van der Waals surface area (Å²) in [7, 11) is -7.95. The third-order valence-corrected chi connectivity index (χ3v) is 12.1. The summed E-state index contributed by atoms with van der Waals surface area (Å²) in [6, 6.07) is 0. The van der Waals surface area contributed by atoms with Gasteiger partial charge in [0.05, 0.1) is 12.5 Å². The number of carbonyl (C=O) groups excluding carboxylic acids is 1. The molecule has 0 aromatic heterocycles. The molecule has 0 unspecified atom stereocenters. The van der Waals surface area contributed by atoms with Crippen molar-refractivity contribution in [1.29, 1.82) is 0 Å². The summed E-state index contributed by atoms with van der Waals surface area (Å²) in [6.07, 6.45) is -0.806. The third-order valence-electron chi connectivity index (χ3n) is 4.78. The zero-order chi connectivity index (χ0) is 21.2. The Morgan fingerprint density at radius 3 is 2.04 bits per heavy atom. The molecule has 0 fully saturated rings. The number of carbonyl (C=O) groups is 1. The predicted molar refractivity (Wildman–Crippen MR) is 97.5 cm³/mol. The lowest BCUT2D eigenvalue weighted by Crippen LogP contribution is -2.43. The van der Waals surface area contributed by atoms with Crippen molar-refractivity contribution in [2.24, 2.45) is 0 Å². The van der Waals surface area contributed by atoms with Gasteiger partial charge in [0.1, 0.15) is 8.07 Å². The van der Waals surface area contributed by atoms with Crippen LogP contribution in [0.25, 0.3) is 0 Å². The van der Waals surface area contributed by atoms with E-state index in [1.807, 2.05) is 0 Å². The van der Waals surface area contributed by atoms with E-state index in [2.05, 4.69) is 57.2 Å². The quantitative estimate of drug-likeness (QED) is 0.209. The molecule has 1 atom stereocenters. The Hall–Kier alpha value is -1.47. The van der Waals surface area contributed by atoms with Crippen LogP contribution in [0, 0.1) is 11.5 Å². The Morgan fingerprint density at radius 2 is 1.63 bits per heavy atom. The molecule has 1 rings (SSSR count). The van der Waals surface area contributed by atoms with Gasteiger partial charge in [-0.05, 0) is 16.6 Å². The first-order valence-corrected chi connectivity index (χ1v) is 12.2. The van der Waals surface area contributed by atoms with Crippen LogP contribution < -0.4 is 0 Å².